The van der Waals surface area contributed by atoms with E-state index < -0.39 is 11.9 Å². The van der Waals surface area contributed by atoms with E-state index in [1.165, 1.54) is 7.11 Å². The Balaban J connectivity index is 2.06. The van der Waals surface area contributed by atoms with Crippen LogP contribution in [0.25, 0.3) is 16.8 Å². The van der Waals surface area contributed by atoms with Crippen molar-refractivity contribution in [1.29, 1.82) is 0 Å². The number of aliphatic imine (C=N–C) groups is 1. The Morgan fingerprint density at radius 1 is 1.18 bits per heavy atom. The second-order valence-electron chi connectivity index (χ2n) is 5.17. The fourth-order valence-corrected chi connectivity index (χ4v) is 2.67. The second kappa shape index (κ2) is 5.56. The molecule has 0 fully saturated rings. The van der Waals surface area contributed by atoms with E-state index in [1.807, 2.05) is 42.5 Å². The highest BCUT2D eigenvalue weighted by Crippen LogP contribution is 2.26. The smallest absolute Gasteiger partial charge is 0.322 e. The van der Waals surface area contributed by atoms with Gasteiger partial charge in [-0.1, -0.05) is 42.5 Å². The van der Waals surface area contributed by atoms with Gasteiger partial charge in [0.25, 0.3) is 0 Å². The third-order valence-electron chi connectivity index (χ3n) is 3.78. The number of carbonyl (C=O) groups excluding carboxylic acids is 2. The molecule has 1 heterocycles. The predicted molar refractivity (Wildman–Crippen MR) is 85.5 cm³/mol. The first-order chi connectivity index (χ1) is 10.6. The molecular formula is C18H15NO3. The van der Waals surface area contributed by atoms with Crippen LogP contribution in [-0.4, -0.2) is 24.6 Å². The summed E-state index contributed by atoms with van der Waals surface area (Å²) < 4.78 is 4.68. The van der Waals surface area contributed by atoms with Crippen molar-refractivity contribution in [2.24, 2.45) is 10.9 Å². The maximum absolute atomic E-state index is 12.4. The van der Waals surface area contributed by atoms with E-state index in [4.69, 9.17) is 0 Å². The molecule has 0 saturated heterocycles. The molecule has 110 valence electrons. The van der Waals surface area contributed by atoms with Gasteiger partial charge in [-0.3, -0.25) is 14.6 Å². The molecule has 1 unspecified atom stereocenters. The number of esters is 1. The highest BCUT2D eigenvalue weighted by molar-refractivity contribution is 6.28. The molecule has 1 aliphatic rings. The van der Waals surface area contributed by atoms with Gasteiger partial charge in [0.1, 0.15) is 5.70 Å². The summed E-state index contributed by atoms with van der Waals surface area (Å²) in [5.74, 6) is -1.78. The number of benzene rings is 2. The number of allylic oxidation sites excluding steroid dienone is 1. The average Bonchev–Trinajstić information content (AvgIpc) is 2.81. The Bertz CT molecular complexity index is 828. The Kier molecular flexibility index (Phi) is 3.59. The molecule has 3 rings (SSSR count). The molecule has 0 saturated carbocycles. The van der Waals surface area contributed by atoms with Gasteiger partial charge in [-0.25, -0.2) is 0 Å². The van der Waals surface area contributed by atoms with Gasteiger partial charge in [0.05, 0.1) is 7.11 Å². The lowest BCUT2D eigenvalue weighted by atomic mass is 9.99. The third kappa shape index (κ3) is 2.33. The first-order valence-electron chi connectivity index (χ1n) is 6.98. The van der Waals surface area contributed by atoms with Gasteiger partial charge in [0.2, 0.25) is 5.78 Å². The molecule has 4 heteroatoms. The number of Topliss-reactive ketones (excluding diaryl/α,β-unsaturated/α-hetero) is 1. The SMILES string of the molecule is COC(=O)C1C(=O)/C(=C\c2cccc3ccccc23)N=C1C. The molecule has 0 spiro atoms. The van der Waals surface area contributed by atoms with E-state index in [9.17, 15) is 9.59 Å². The fourth-order valence-electron chi connectivity index (χ4n) is 2.67. The summed E-state index contributed by atoms with van der Waals surface area (Å²) in [6, 6.07) is 13.8. The van der Waals surface area contributed by atoms with Crippen LogP contribution in [-0.2, 0) is 14.3 Å². The van der Waals surface area contributed by atoms with Gasteiger partial charge in [-0.15, -0.1) is 0 Å². The number of hydrogen-bond acceptors (Lipinski definition) is 4. The van der Waals surface area contributed by atoms with Crippen molar-refractivity contribution >= 4 is 34.3 Å². The number of ether oxygens (including phenoxy) is 1. The molecule has 2 aromatic rings. The Hall–Kier alpha value is -2.75. The van der Waals surface area contributed by atoms with Crippen LogP contribution in [0.2, 0.25) is 0 Å². The van der Waals surface area contributed by atoms with Gasteiger partial charge >= 0.3 is 5.97 Å². The first kappa shape index (κ1) is 14.2. The lowest BCUT2D eigenvalue weighted by molar-refractivity contribution is -0.145. The van der Waals surface area contributed by atoms with Gasteiger partial charge in [0.15, 0.2) is 5.92 Å². The lowest BCUT2D eigenvalue weighted by Crippen LogP contribution is -2.27. The molecule has 1 atom stereocenters. The predicted octanol–water partition coefficient (Wildman–Crippen LogP) is 3.01. The van der Waals surface area contributed by atoms with Crippen LogP contribution < -0.4 is 0 Å². The molecule has 0 radical (unpaired) electrons. The van der Waals surface area contributed by atoms with Gasteiger partial charge in [-0.05, 0) is 29.3 Å². The van der Waals surface area contributed by atoms with Crippen LogP contribution >= 0.6 is 0 Å². The standard InChI is InChI=1S/C18H15NO3/c1-11-16(18(21)22-2)17(20)15(19-11)10-13-8-5-7-12-6-3-4-9-14(12)13/h3-10,16H,1-2H3/b15-10+. The summed E-state index contributed by atoms with van der Waals surface area (Å²) in [4.78, 5) is 28.3. The maximum atomic E-state index is 12.4. The minimum absolute atomic E-state index is 0.296. The van der Waals surface area contributed by atoms with Crippen LogP contribution in [0.15, 0.2) is 53.2 Å². The van der Waals surface area contributed by atoms with Crippen LogP contribution in [0.3, 0.4) is 0 Å². The third-order valence-corrected chi connectivity index (χ3v) is 3.78. The van der Waals surface area contributed by atoms with Crippen LogP contribution in [0, 0.1) is 5.92 Å². The summed E-state index contributed by atoms with van der Waals surface area (Å²) in [6.07, 6.45) is 1.73. The highest BCUT2D eigenvalue weighted by Gasteiger charge is 2.37. The lowest BCUT2D eigenvalue weighted by Gasteiger charge is -2.05. The molecular weight excluding hydrogens is 278 g/mol. The van der Waals surface area contributed by atoms with Crippen molar-refractivity contribution in [2.45, 2.75) is 6.92 Å². The molecule has 0 aliphatic carbocycles. The number of methoxy groups -OCH3 is 1. The summed E-state index contributed by atoms with van der Waals surface area (Å²) in [5.41, 5.74) is 1.68. The zero-order valence-electron chi connectivity index (χ0n) is 12.4. The zero-order valence-corrected chi connectivity index (χ0v) is 12.4. The zero-order chi connectivity index (χ0) is 15.7. The molecule has 0 bridgehead atoms. The number of rotatable bonds is 2. The number of fused-ring (bicyclic) bond motifs is 1. The van der Waals surface area contributed by atoms with E-state index in [-0.39, 0.29) is 5.78 Å². The van der Waals surface area contributed by atoms with Gasteiger partial charge in [-0.2, -0.15) is 0 Å². The molecule has 4 nitrogen and oxygen atoms in total. The minimum Gasteiger partial charge on any atom is -0.468 e. The Labute approximate surface area is 128 Å². The van der Waals surface area contributed by atoms with E-state index >= 15 is 0 Å². The van der Waals surface area contributed by atoms with Crippen molar-refractivity contribution in [2.75, 3.05) is 7.11 Å². The monoisotopic (exact) mass is 293 g/mol. The number of hydrogen-bond donors (Lipinski definition) is 0. The Morgan fingerprint density at radius 3 is 2.68 bits per heavy atom. The Morgan fingerprint density at radius 2 is 1.91 bits per heavy atom. The topological polar surface area (TPSA) is 55.7 Å². The minimum atomic E-state index is -0.911. The molecule has 22 heavy (non-hydrogen) atoms. The maximum Gasteiger partial charge on any atom is 0.322 e. The van der Waals surface area contributed by atoms with Crippen molar-refractivity contribution in [1.82, 2.24) is 0 Å². The van der Waals surface area contributed by atoms with E-state index in [2.05, 4.69) is 9.73 Å². The molecule has 0 aromatic heterocycles. The quantitative estimate of drug-likeness (QED) is 0.486. The van der Waals surface area contributed by atoms with E-state index in [0.717, 1.165) is 16.3 Å². The van der Waals surface area contributed by atoms with Crippen LogP contribution in [0.5, 0.6) is 0 Å². The number of ketones is 1. The highest BCUT2D eigenvalue weighted by atomic mass is 16.5. The molecule has 2 aromatic carbocycles. The van der Waals surface area contributed by atoms with Gasteiger partial charge < -0.3 is 4.74 Å². The average molecular weight is 293 g/mol. The first-order valence-corrected chi connectivity index (χ1v) is 6.98. The molecule has 0 N–H and O–H groups in total. The van der Waals surface area contributed by atoms with Gasteiger partial charge in [0, 0.05) is 5.71 Å². The fraction of sp³-hybridized carbons (Fsp3) is 0.167. The van der Waals surface area contributed by atoms with Crippen molar-refractivity contribution in [3.63, 3.8) is 0 Å². The van der Waals surface area contributed by atoms with Crippen LogP contribution in [0.1, 0.15) is 12.5 Å². The van der Waals surface area contributed by atoms with Crippen molar-refractivity contribution in [3.8, 4) is 0 Å². The molecule has 1 aliphatic heterocycles. The second-order valence-corrected chi connectivity index (χ2v) is 5.17. The summed E-state index contributed by atoms with van der Waals surface area (Å²) in [6.45, 7) is 1.67. The number of carbonyl (C=O) groups is 2. The summed E-state index contributed by atoms with van der Waals surface area (Å²) >= 11 is 0. The van der Waals surface area contributed by atoms with E-state index in [1.54, 1.807) is 13.0 Å². The van der Waals surface area contributed by atoms with Crippen molar-refractivity contribution < 1.29 is 14.3 Å². The summed E-state index contributed by atoms with van der Waals surface area (Å²) in [5, 5.41) is 2.13. The molecule has 0 amide bonds. The largest absolute Gasteiger partial charge is 0.468 e. The van der Waals surface area contributed by atoms with Crippen molar-refractivity contribution in [3.05, 3.63) is 53.7 Å². The summed E-state index contributed by atoms with van der Waals surface area (Å²) in [7, 11) is 1.27. The normalized spacial score (nSPS) is 19.5. The van der Waals surface area contributed by atoms with Crippen LogP contribution in [0.4, 0.5) is 0 Å². The number of nitrogens with zero attached hydrogens (tertiary/aromatic N) is 1. The van der Waals surface area contributed by atoms with E-state index in [0.29, 0.717) is 11.4 Å².